The Morgan fingerprint density at radius 3 is 2.23 bits per heavy atom. The molecule has 0 bridgehead atoms. The van der Waals surface area contributed by atoms with Crippen LogP contribution >= 0.6 is 35.0 Å². The number of rotatable bonds is 15. The Kier molecular flexibility index (Phi) is 13.3. The van der Waals surface area contributed by atoms with E-state index in [1.165, 1.54) is 28.8 Å². The molecule has 1 N–H and O–H groups in total. The van der Waals surface area contributed by atoms with Gasteiger partial charge < -0.3 is 15.0 Å². The van der Waals surface area contributed by atoms with Crippen LogP contribution in [0.5, 0.6) is 5.75 Å². The molecule has 2 amide bonds. The predicted molar refractivity (Wildman–Crippen MR) is 179 cm³/mol. The molecule has 44 heavy (non-hydrogen) atoms. The van der Waals surface area contributed by atoms with Crippen LogP contribution in [0.25, 0.3) is 0 Å². The molecule has 0 fully saturated rings. The molecule has 0 unspecified atom stereocenters. The summed E-state index contributed by atoms with van der Waals surface area (Å²) in [5, 5.41) is 3.62. The number of nitrogens with one attached hydrogen (secondary N) is 1. The number of amides is 2. The molecule has 0 saturated heterocycles. The van der Waals surface area contributed by atoms with E-state index >= 15 is 0 Å². The van der Waals surface area contributed by atoms with E-state index in [1.807, 2.05) is 27.0 Å². The lowest BCUT2D eigenvalue weighted by molar-refractivity contribution is -0.140. The van der Waals surface area contributed by atoms with Crippen molar-refractivity contribution in [2.24, 2.45) is 0 Å². The van der Waals surface area contributed by atoms with Crippen molar-refractivity contribution in [3.05, 3.63) is 82.3 Å². The summed E-state index contributed by atoms with van der Waals surface area (Å²) in [7, 11) is -4.25. The average molecular weight is 681 g/mol. The van der Waals surface area contributed by atoms with E-state index in [9.17, 15) is 18.0 Å². The second-order valence-corrected chi connectivity index (χ2v) is 13.7. The third-order valence-corrected chi connectivity index (χ3v) is 10.3. The van der Waals surface area contributed by atoms with Crippen molar-refractivity contribution in [3.8, 4) is 5.75 Å². The van der Waals surface area contributed by atoms with Gasteiger partial charge in [-0.15, -0.1) is 11.8 Å². The first-order valence-electron chi connectivity index (χ1n) is 14.4. The van der Waals surface area contributed by atoms with Crippen LogP contribution in [0.15, 0.2) is 76.5 Å². The third-order valence-electron chi connectivity index (χ3n) is 7.08. The van der Waals surface area contributed by atoms with E-state index in [0.29, 0.717) is 40.8 Å². The number of benzene rings is 3. The molecule has 3 aromatic rings. The number of thioether (sulfide) groups is 1. The number of ether oxygens (including phenoxy) is 1. The van der Waals surface area contributed by atoms with Crippen LogP contribution in [0.1, 0.15) is 46.1 Å². The van der Waals surface area contributed by atoms with E-state index in [1.54, 1.807) is 61.5 Å². The first-order valence-corrected chi connectivity index (χ1v) is 17.8. The van der Waals surface area contributed by atoms with Gasteiger partial charge in [-0.2, -0.15) is 0 Å². The van der Waals surface area contributed by atoms with Crippen molar-refractivity contribution in [1.82, 2.24) is 10.2 Å². The van der Waals surface area contributed by atoms with Gasteiger partial charge >= 0.3 is 0 Å². The number of hydrogen-bond acceptors (Lipinski definition) is 6. The maximum atomic E-state index is 14.3. The maximum absolute atomic E-state index is 14.3. The summed E-state index contributed by atoms with van der Waals surface area (Å²) < 4.78 is 35.3. The van der Waals surface area contributed by atoms with Gasteiger partial charge in [-0.1, -0.05) is 55.2 Å². The van der Waals surface area contributed by atoms with Crippen molar-refractivity contribution in [3.63, 3.8) is 0 Å². The highest BCUT2D eigenvalue weighted by Crippen LogP contribution is 2.33. The van der Waals surface area contributed by atoms with Crippen LogP contribution in [0, 0.1) is 0 Å². The lowest BCUT2D eigenvalue weighted by Crippen LogP contribution is -2.53. The van der Waals surface area contributed by atoms with Gasteiger partial charge in [0.15, 0.2) is 0 Å². The zero-order valence-corrected chi connectivity index (χ0v) is 28.7. The highest BCUT2D eigenvalue weighted by atomic mass is 35.5. The monoisotopic (exact) mass is 679 g/mol. The van der Waals surface area contributed by atoms with Crippen LogP contribution in [-0.2, 0) is 26.2 Å². The number of nitrogens with zero attached hydrogens (tertiary/aromatic N) is 2. The Hall–Kier alpha value is -2.92. The molecule has 0 aliphatic heterocycles. The van der Waals surface area contributed by atoms with Crippen molar-refractivity contribution in [1.29, 1.82) is 0 Å². The largest absolute Gasteiger partial charge is 0.492 e. The second-order valence-electron chi connectivity index (χ2n) is 10.1. The van der Waals surface area contributed by atoms with Crippen LogP contribution in [0.2, 0.25) is 10.0 Å². The molecule has 0 aromatic heterocycles. The topological polar surface area (TPSA) is 96.0 Å². The van der Waals surface area contributed by atoms with Crippen LogP contribution in [-0.4, -0.2) is 56.6 Å². The summed E-state index contributed by atoms with van der Waals surface area (Å²) in [6.45, 7) is 7.16. The molecule has 12 heteroatoms. The van der Waals surface area contributed by atoms with E-state index in [4.69, 9.17) is 27.9 Å². The van der Waals surface area contributed by atoms with Crippen LogP contribution < -0.4 is 14.4 Å². The minimum absolute atomic E-state index is 0.00553. The number of anilines is 1. The number of carbonyl (C=O) groups is 2. The fourth-order valence-corrected chi connectivity index (χ4v) is 6.68. The molecule has 238 valence electrons. The molecule has 0 heterocycles. The zero-order chi connectivity index (χ0) is 32.4. The van der Waals surface area contributed by atoms with Crippen molar-refractivity contribution < 1.29 is 22.7 Å². The van der Waals surface area contributed by atoms with Crippen LogP contribution in [0.4, 0.5) is 5.69 Å². The standard InChI is InChI=1S/C32H39Cl2N3O5S2/c1-6-22(4)35-32(39)28(7-2)36(20-23-13-18-26(33)27(34)19-23)31(38)21-37(29-11-9-10-12-30(29)42-8-3)44(40,41)25-16-14-24(43-5)15-17-25/h9-19,22,28H,6-8,20-21H2,1-5H3,(H,35,39)/t22-,28-/m0/s1. The fourth-order valence-electron chi connectivity index (χ4n) is 4.52. The molecule has 3 aromatic carbocycles. The molecular weight excluding hydrogens is 641 g/mol. The minimum Gasteiger partial charge on any atom is -0.492 e. The zero-order valence-electron chi connectivity index (χ0n) is 25.5. The van der Waals surface area contributed by atoms with Crippen molar-refractivity contribution >= 4 is 62.5 Å². The lowest BCUT2D eigenvalue weighted by atomic mass is 10.1. The number of halogens is 2. The molecule has 3 rings (SSSR count). The van der Waals surface area contributed by atoms with Gasteiger partial charge in [-0.25, -0.2) is 8.42 Å². The Balaban J connectivity index is 2.13. The summed E-state index contributed by atoms with van der Waals surface area (Å²) in [4.78, 5) is 30.1. The summed E-state index contributed by atoms with van der Waals surface area (Å²) in [6, 6.07) is 17.1. The quantitative estimate of drug-likeness (QED) is 0.173. The molecule has 0 aliphatic carbocycles. The van der Waals surface area contributed by atoms with Gasteiger partial charge in [0.2, 0.25) is 11.8 Å². The summed E-state index contributed by atoms with van der Waals surface area (Å²) in [6.07, 6.45) is 2.91. The highest BCUT2D eigenvalue weighted by molar-refractivity contribution is 7.98. The Labute approximate surface area is 275 Å². The second kappa shape index (κ2) is 16.4. The highest BCUT2D eigenvalue weighted by Gasteiger charge is 2.35. The van der Waals surface area contributed by atoms with Crippen molar-refractivity contribution in [2.75, 3.05) is 23.7 Å². The Morgan fingerprint density at radius 2 is 1.64 bits per heavy atom. The molecule has 0 spiro atoms. The number of para-hydroxylation sites is 2. The number of carbonyl (C=O) groups excluding carboxylic acids is 2. The maximum Gasteiger partial charge on any atom is 0.264 e. The van der Waals surface area contributed by atoms with Gasteiger partial charge in [0.1, 0.15) is 18.3 Å². The minimum atomic E-state index is -4.25. The average Bonchev–Trinajstić information content (AvgIpc) is 3.01. The van der Waals surface area contributed by atoms with E-state index in [2.05, 4.69) is 5.32 Å². The first kappa shape index (κ1) is 35.6. The first-order chi connectivity index (χ1) is 21.0. The van der Waals surface area contributed by atoms with Gasteiger partial charge in [-0.3, -0.25) is 13.9 Å². The molecule has 0 radical (unpaired) electrons. The Morgan fingerprint density at radius 1 is 0.955 bits per heavy atom. The summed E-state index contributed by atoms with van der Waals surface area (Å²) in [5.74, 6) is -0.588. The van der Waals surface area contributed by atoms with E-state index in [0.717, 1.165) is 9.20 Å². The molecule has 2 atom stereocenters. The van der Waals surface area contributed by atoms with Gasteiger partial charge in [0, 0.05) is 17.5 Å². The van der Waals surface area contributed by atoms with Gasteiger partial charge in [0.25, 0.3) is 10.0 Å². The molecular formula is C32H39Cl2N3O5S2. The Bertz CT molecular complexity index is 1540. The normalized spacial score (nSPS) is 12.7. The molecule has 0 aliphatic rings. The number of hydrogen-bond donors (Lipinski definition) is 1. The van der Waals surface area contributed by atoms with Crippen LogP contribution in [0.3, 0.4) is 0 Å². The predicted octanol–water partition coefficient (Wildman–Crippen LogP) is 7.03. The SMILES string of the molecule is CCOc1ccccc1N(CC(=O)N(Cc1ccc(Cl)c(Cl)c1)[C@@H](CC)C(=O)N[C@@H](C)CC)S(=O)(=O)c1ccc(SC)cc1. The summed E-state index contributed by atoms with van der Waals surface area (Å²) >= 11 is 13.9. The smallest absolute Gasteiger partial charge is 0.264 e. The van der Waals surface area contributed by atoms with E-state index < -0.39 is 28.5 Å². The van der Waals surface area contributed by atoms with E-state index in [-0.39, 0.29) is 29.1 Å². The number of sulfonamides is 1. The molecule has 8 nitrogen and oxygen atoms in total. The van der Waals surface area contributed by atoms with Crippen molar-refractivity contribution in [2.45, 2.75) is 69.0 Å². The fraction of sp³-hybridized carbons (Fsp3) is 0.375. The van der Waals surface area contributed by atoms with Gasteiger partial charge in [-0.05, 0) is 87.0 Å². The lowest BCUT2D eigenvalue weighted by Gasteiger charge is -2.34. The third kappa shape index (κ3) is 8.84. The molecule has 0 saturated carbocycles. The summed E-state index contributed by atoms with van der Waals surface area (Å²) in [5.41, 5.74) is 0.850. The van der Waals surface area contributed by atoms with Gasteiger partial charge in [0.05, 0.1) is 27.2 Å².